The number of rotatable bonds is 5. The van der Waals surface area contributed by atoms with Crippen molar-refractivity contribution in [3.63, 3.8) is 0 Å². The molecule has 0 atom stereocenters. The molecule has 0 fully saturated rings. The van der Waals surface area contributed by atoms with E-state index in [1.165, 1.54) is 5.56 Å². The Labute approximate surface area is 124 Å². The molecule has 4 nitrogen and oxygen atoms in total. The van der Waals surface area contributed by atoms with Crippen molar-refractivity contribution in [1.82, 2.24) is 14.3 Å². The monoisotopic (exact) mass is 280 g/mol. The fourth-order valence-electron chi connectivity index (χ4n) is 2.45. The molecule has 0 aliphatic rings. The van der Waals surface area contributed by atoms with Gasteiger partial charge in [0.05, 0.1) is 5.69 Å². The number of hydrogen-bond donors (Lipinski definition) is 1. The van der Waals surface area contributed by atoms with Crippen molar-refractivity contribution in [3.8, 4) is 0 Å². The highest BCUT2D eigenvalue weighted by atomic mass is 15.1. The first-order chi connectivity index (χ1) is 10.2. The summed E-state index contributed by atoms with van der Waals surface area (Å²) in [4.78, 5) is 7.03. The Kier molecular flexibility index (Phi) is 3.88. The zero-order valence-corrected chi connectivity index (χ0v) is 12.2. The molecule has 108 valence electrons. The zero-order valence-electron chi connectivity index (χ0n) is 12.2. The predicted octanol–water partition coefficient (Wildman–Crippen LogP) is 2.94. The summed E-state index contributed by atoms with van der Waals surface area (Å²) in [5.41, 5.74) is 9.90. The number of pyridine rings is 1. The van der Waals surface area contributed by atoms with E-state index in [-0.39, 0.29) is 0 Å². The highest BCUT2D eigenvalue weighted by Crippen LogP contribution is 2.12. The Balaban J connectivity index is 1.73. The van der Waals surface area contributed by atoms with Gasteiger partial charge in [0.2, 0.25) is 0 Å². The molecule has 0 aliphatic heterocycles. The molecule has 4 heteroatoms. The van der Waals surface area contributed by atoms with Gasteiger partial charge in [-0.3, -0.25) is 4.90 Å². The normalized spacial score (nSPS) is 11.3. The molecule has 1 aromatic carbocycles. The molecule has 0 amide bonds. The lowest BCUT2D eigenvalue weighted by Crippen LogP contribution is -2.22. The lowest BCUT2D eigenvalue weighted by atomic mass is 10.2. The number of nitrogens with zero attached hydrogens (tertiary/aromatic N) is 3. The summed E-state index contributed by atoms with van der Waals surface area (Å²) in [6, 6.07) is 14.1. The number of hydrogen-bond acceptors (Lipinski definition) is 3. The molecule has 3 rings (SSSR count). The third-order valence-electron chi connectivity index (χ3n) is 3.63. The predicted molar refractivity (Wildman–Crippen MR) is 85.8 cm³/mol. The van der Waals surface area contributed by atoms with Crippen LogP contribution in [0.15, 0.2) is 54.9 Å². The maximum Gasteiger partial charge on any atom is 0.137 e. The highest BCUT2D eigenvalue weighted by Gasteiger charge is 2.08. The molecule has 0 bridgehead atoms. The van der Waals surface area contributed by atoms with E-state index in [9.17, 15) is 0 Å². The molecule has 0 radical (unpaired) electrons. The van der Waals surface area contributed by atoms with E-state index in [0.717, 1.165) is 36.7 Å². The van der Waals surface area contributed by atoms with Crippen LogP contribution in [0.1, 0.15) is 18.2 Å². The van der Waals surface area contributed by atoms with Gasteiger partial charge in [-0.05, 0) is 36.4 Å². The molecular formula is C17H20N4. The Hall–Kier alpha value is -2.33. The van der Waals surface area contributed by atoms with Gasteiger partial charge in [0.15, 0.2) is 0 Å². The van der Waals surface area contributed by atoms with Crippen LogP contribution in [0.25, 0.3) is 5.65 Å². The van der Waals surface area contributed by atoms with Crippen molar-refractivity contribution in [2.75, 3.05) is 12.3 Å². The van der Waals surface area contributed by atoms with Crippen molar-refractivity contribution in [2.24, 2.45) is 0 Å². The van der Waals surface area contributed by atoms with Gasteiger partial charge in [0, 0.05) is 31.2 Å². The van der Waals surface area contributed by atoms with Crippen LogP contribution in [-0.2, 0) is 13.1 Å². The van der Waals surface area contributed by atoms with Crippen LogP contribution in [0.3, 0.4) is 0 Å². The number of imidazole rings is 1. The molecule has 0 saturated carbocycles. The van der Waals surface area contributed by atoms with Gasteiger partial charge in [0.25, 0.3) is 0 Å². The van der Waals surface area contributed by atoms with Crippen LogP contribution in [0.2, 0.25) is 0 Å². The molecule has 2 heterocycles. The number of benzene rings is 1. The summed E-state index contributed by atoms with van der Waals surface area (Å²) in [6.45, 7) is 4.92. The molecule has 0 unspecified atom stereocenters. The molecule has 0 saturated heterocycles. The van der Waals surface area contributed by atoms with Crippen LogP contribution >= 0.6 is 0 Å². The zero-order chi connectivity index (χ0) is 14.7. The second-order valence-electron chi connectivity index (χ2n) is 5.24. The van der Waals surface area contributed by atoms with E-state index in [0.29, 0.717) is 0 Å². The first kappa shape index (κ1) is 13.6. The molecule has 2 aromatic heterocycles. The standard InChI is InChI=1S/C17H20N4/c1-2-20(11-14-6-8-15(18)9-7-14)12-16-13-21-10-4-3-5-17(21)19-16/h3-10,13H,2,11-12,18H2,1H3. The van der Waals surface area contributed by atoms with Crippen molar-refractivity contribution in [2.45, 2.75) is 20.0 Å². The summed E-state index contributed by atoms with van der Waals surface area (Å²) in [5.74, 6) is 0. The summed E-state index contributed by atoms with van der Waals surface area (Å²) in [7, 11) is 0. The van der Waals surface area contributed by atoms with E-state index in [1.807, 2.05) is 36.5 Å². The summed E-state index contributed by atoms with van der Waals surface area (Å²) in [6.07, 6.45) is 4.13. The van der Waals surface area contributed by atoms with E-state index in [1.54, 1.807) is 0 Å². The van der Waals surface area contributed by atoms with E-state index < -0.39 is 0 Å². The van der Waals surface area contributed by atoms with E-state index in [2.05, 4.69) is 39.5 Å². The van der Waals surface area contributed by atoms with Gasteiger partial charge in [-0.15, -0.1) is 0 Å². The molecule has 2 N–H and O–H groups in total. The summed E-state index contributed by atoms with van der Waals surface area (Å²) in [5, 5.41) is 0. The average Bonchev–Trinajstić information content (AvgIpc) is 2.91. The summed E-state index contributed by atoms with van der Waals surface area (Å²) >= 11 is 0. The maximum absolute atomic E-state index is 5.73. The van der Waals surface area contributed by atoms with Crippen LogP contribution in [-0.4, -0.2) is 20.8 Å². The first-order valence-corrected chi connectivity index (χ1v) is 7.24. The van der Waals surface area contributed by atoms with Gasteiger partial charge in [-0.2, -0.15) is 0 Å². The molecule has 21 heavy (non-hydrogen) atoms. The maximum atomic E-state index is 5.73. The quantitative estimate of drug-likeness (QED) is 0.731. The molecule has 0 spiro atoms. The van der Waals surface area contributed by atoms with Gasteiger partial charge in [-0.1, -0.05) is 25.1 Å². The largest absolute Gasteiger partial charge is 0.399 e. The smallest absolute Gasteiger partial charge is 0.137 e. The van der Waals surface area contributed by atoms with Gasteiger partial charge in [0.1, 0.15) is 5.65 Å². The lowest BCUT2D eigenvalue weighted by molar-refractivity contribution is 0.268. The van der Waals surface area contributed by atoms with Crippen molar-refractivity contribution < 1.29 is 0 Å². The van der Waals surface area contributed by atoms with Gasteiger partial charge in [-0.25, -0.2) is 4.98 Å². The Morgan fingerprint density at radius 2 is 1.90 bits per heavy atom. The topological polar surface area (TPSA) is 46.6 Å². The minimum Gasteiger partial charge on any atom is -0.399 e. The van der Waals surface area contributed by atoms with Crippen molar-refractivity contribution in [3.05, 3.63) is 66.1 Å². The second-order valence-corrected chi connectivity index (χ2v) is 5.24. The van der Waals surface area contributed by atoms with E-state index in [4.69, 9.17) is 5.73 Å². The minimum atomic E-state index is 0.808. The van der Waals surface area contributed by atoms with E-state index >= 15 is 0 Å². The molecule has 3 aromatic rings. The second kappa shape index (κ2) is 5.97. The Bertz CT molecular complexity index is 682. The minimum absolute atomic E-state index is 0.808. The number of fused-ring (bicyclic) bond motifs is 1. The van der Waals surface area contributed by atoms with Crippen LogP contribution in [0.5, 0.6) is 0 Å². The lowest BCUT2D eigenvalue weighted by Gasteiger charge is -2.19. The van der Waals surface area contributed by atoms with Gasteiger partial charge >= 0.3 is 0 Å². The fourth-order valence-corrected chi connectivity index (χ4v) is 2.45. The number of nitrogen functional groups attached to an aromatic ring is 1. The van der Waals surface area contributed by atoms with Gasteiger partial charge < -0.3 is 10.1 Å². The third kappa shape index (κ3) is 3.23. The highest BCUT2D eigenvalue weighted by molar-refractivity contribution is 5.40. The average molecular weight is 280 g/mol. The third-order valence-corrected chi connectivity index (χ3v) is 3.63. The van der Waals surface area contributed by atoms with Crippen LogP contribution in [0.4, 0.5) is 5.69 Å². The number of aromatic nitrogens is 2. The SMILES string of the molecule is CCN(Cc1ccc(N)cc1)Cc1cn2ccccc2n1. The molecular weight excluding hydrogens is 260 g/mol. The number of nitrogens with two attached hydrogens (primary N) is 1. The van der Waals surface area contributed by atoms with Crippen LogP contribution < -0.4 is 5.73 Å². The van der Waals surface area contributed by atoms with Crippen LogP contribution in [0, 0.1) is 0 Å². The Morgan fingerprint density at radius 3 is 2.62 bits per heavy atom. The molecule has 0 aliphatic carbocycles. The Morgan fingerprint density at radius 1 is 1.10 bits per heavy atom. The summed E-state index contributed by atoms with van der Waals surface area (Å²) < 4.78 is 2.06. The number of anilines is 1. The van der Waals surface area contributed by atoms with Crippen molar-refractivity contribution in [1.29, 1.82) is 0 Å². The van der Waals surface area contributed by atoms with Crippen molar-refractivity contribution >= 4 is 11.3 Å². The fraction of sp³-hybridized carbons (Fsp3) is 0.235. The first-order valence-electron chi connectivity index (χ1n) is 7.24.